The number of aliphatic hydroxyl groups is 1. The third kappa shape index (κ3) is 2.56. The fraction of sp³-hybridized carbons (Fsp3) is 0.273. The number of aliphatic hydroxyl groups excluding tert-OH is 1. The lowest BCUT2D eigenvalue weighted by molar-refractivity contribution is 0.179. The zero-order valence-corrected chi connectivity index (χ0v) is 9.65. The summed E-state index contributed by atoms with van der Waals surface area (Å²) < 4.78 is 4.95. The van der Waals surface area contributed by atoms with E-state index in [9.17, 15) is 5.11 Å². The van der Waals surface area contributed by atoms with E-state index in [1.165, 1.54) is 11.3 Å². The molecule has 0 aliphatic heterocycles. The molecule has 1 unspecified atom stereocenters. The molecule has 0 radical (unpaired) electrons. The van der Waals surface area contributed by atoms with E-state index in [-0.39, 0.29) is 0 Å². The van der Waals surface area contributed by atoms with Gasteiger partial charge < -0.3 is 9.84 Å². The maximum atomic E-state index is 9.95. The molecule has 4 nitrogen and oxygen atoms in total. The molecule has 84 valence electrons. The topological polar surface area (TPSA) is 55.2 Å². The van der Waals surface area contributed by atoms with Crippen molar-refractivity contribution in [3.05, 3.63) is 40.5 Å². The van der Waals surface area contributed by atoms with Crippen LogP contribution in [0.25, 0.3) is 0 Å². The molecule has 2 rings (SSSR count). The minimum Gasteiger partial charge on any atom is -0.481 e. The number of pyridine rings is 1. The molecule has 16 heavy (non-hydrogen) atoms. The van der Waals surface area contributed by atoms with Crippen LogP contribution < -0.4 is 4.74 Å². The van der Waals surface area contributed by atoms with Gasteiger partial charge in [-0.1, -0.05) is 0 Å². The summed E-state index contributed by atoms with van der Waals surface area (Å²) in [6.45, 7) is 0. The second kappa shape index (κ2) is 5.05. The second-order valence-corrected chi connectivity index (χ2v) is 4.29. The van der Waals surface area contributed by atoms with Crippen LogP contribution in [0.5, 0.6) is 5.88 Å². The van der Waals surface area contributed by atoms with Crippen molar-refractivity contribution in [2.24, 2.45) is 0 Å². The van der Waals surface area contributed by atoms with Gasteiger partial charge in [0.25, 0.3) is 0 Å². The van der Waals surface area contributed by atoms with E-state index >= 15 is 0 Å². The van der Waals surface area contributed by atoms with Gasteiger partial charge in [-0.25, -0.2) is 4.98 Å². The van der Waals surface area contributed by atoms with E-state index in [2.05, 4.69) is 9.97 Å². The molecule has 0 aliphatic rings. The van der Waals surface area contributed by atoms with Crippen LogP contribution in [0.15, 0.2) is 30.0 Å². The maximum Gasteiger partial charge on any atom is 0.212 e. The van der Waals surface area contributed by atoms with E-state index in [1.54, 1.807) is 31.1 Å². The standard InChI is InChI=1S/C11H12N2O2S/c1-15-11-3-2-8(5-13-11)10(14)4-9-6-12-7-16-9/h2-3,5-7,10,14H,4H2,1H3. The third-order valence-electron chi connectivity index (χ3n) is 2.23. The second-order valence-electron chi connectivity index (χ2n) is 3.32. The molecule has 5 heteroatoms. The first-order valence-electron chi connectivity index (χ1n) is 4.85. The fourth-order valence-electron chi connectivity index (χ4n) is 1.36. The summed E-state index contributed by atoms with van der Waals surface area (Å²) >= 11 is 1.54. The number of ether oxygens (including phenoxy) is 1. The molecule has 2 aromatic rings. The Labute approximate surface area is 97.6 Å². The third-order valence-corrected chi connectivity index (χ3v) is 3.03. The highest BCUT2D eigenvalue weighted by atomic mass is 32.1. The molecule has 1 atom stereocenters. The van der Waals surface area contributed by atoms with Crippen molar-refractivity contribution in [2.75, 3.05) is 7.11 Å². The van der Waals surface area contributed by atoms with Gasteiger partial charge in [0.1, 0.15) is 0 Å². The molecule has 0 saturated carbocycles. The van der Waals surface area contributed by atoms with E-state index in [0.717, 1.165) is 10.4 Å². The van der Waals surface area contributed by atoms with Crippen LogP contribution in [-0.4, -0.2) is 22.2 Å². The molecule has 0 aliphatic carbocycles. The summed E-state index contributed by atoms with van der Waals surface area (Å²) in [5, 5.41) is 9.95. The van der Waals surface area contributed by atoms with Gasteiger partial charge in [-0.15, -0.1) is 11.3 Å². The molecule has 0 spiro atoms. The summed E-state index contributed by atoms with van der Waals surface area (Å²) in [6.07, 6.45) is 3.42. The van der Waals surface area contributed by atoms with E-state index in [4.69, 9.17) is 4.74 Å². The number of hydrogen-bond donors (Lipinski definition) is 1. The number of methoxy groups -OCH3 is 1. The maximum absolute atomic E-state index is 9.95. The van der Waals surface area contributed by atoms with Gasteiger partial charge >= 0.3 is 0 Å². The van der Waals surface area contributed by atoms with Crippen molar-refractivity contribution in [3.8, 4) is 5.88 Å². The molecule has 0 bridgehead atoms. The van der Waals surface area contributed by atoms with Gasteiger partial charge in [0, 0.05) is 29.8 Å². The molecule has 2 aromatic heterocycles. The molecule has 0 fully saturated rings. The predicted octanol–water partition coefficient (Wildman–Crippen LogP) is 1.82. The molecule has 0 saturated heterocycles. The highest BCUT2D eigenvalue weighted by Crippen LogP contribution is 2.20. The van der Waals surface area contributed by atoms with Crippen molar-refractivity contribution in [1.82, 2.24) is 9.97 Å². The molecular weight excluding hydrogens is 224 g/mol. The molecule has 0 amide bonds. The normalized spacial score (nSPS) is 12.4. The first kappa shape index (κ1) is 11.0. The fourth-order valence-corrected chi connectivity index (χ4v) is 1.99. The SMILES string of the molecule is COc1ccc(C(O)Cc2cncs2)cn1. The summed E-state index contributed by atoms with van der Waals surface area (Å²) in [5.74, 6) is 0.550. The Balaban J connectivity index is 2.05. The van der Waals surface area contributed by atoms with Crippen LogP contribution >= 0.6 is 11.3 Å². The van der Waals surface area contributed by atoms with Gasteiger partial charge in [-0.05, 0) is 11.6 Å². The summed E-state index contributed by atoms with van der Waals surface area (Å²) in [5.41, 5.74) is 2.54. The van der Waals surface area contributed by atoms with Crippen LogP contribution in [0.4, 0.5) is 0 Å². The zero-order valence-electron chi connectivity index (χ0n) is 8.83. The highest BCUT2D eigenvalue weighted by molar-refractivity contribution is 7.09. The number of nitrogens with zero attached hydrogens (tertiary/aromatic N) is 2. The average Bonchev–Trinajstić information content (AvgIpc) is 2.82. The Kier molecular flexibility index (Phi) is 3.48. The van der Waals surface area contributed by atoms with Crippen molar-refractivity contribution in [2.45, 2.75) is 12.5 Å². The lowest BCUT2D eigenvalue weighted by Crippen LogP contribution is -2.01. The van der Waals surface area contributed by atoms with Gasteiger partial charge in [0.2, 0.25) is 5.88 Å². The van der Waals surface area contributed by atoms with Crippen LogP contribution in [0, 0.1) is 0 Å². The van der Waals surface area contributed by atoms with E-state index in [0.29, 0.717) is 12.3 Å². The van der Waals surface area contributed by atoms with Gasteiger partial charge in [-0.2, -0.15) is 0 Å². The minimum atomic E-state index is -0.543. The summed E-state index contributed by atoms with van der Waals surface area (Å²) in [7, 11) is 1.57. The Morgan fingerprint density at radius 2 is 2.31 bits per heavy atom. The largest absolute Gasteiger partial charge is 0.481 e. The summed E-state index contributed by atoms with van der Waals surface area (Å²) in [4.78, 5) is 9.08. The average molecular weight is 236 g/mol. The van der Waals surface area contributed by atoms with Crippen LogP contribution in [0.3, 0.4) is 0 Å². The first-order chi connectivity index (χ1) is 7.79. The lowest BCUT2D eigenvalue weighted by Gasteiger charge is -2.09. The quantitative estimate of drug-likeness (QED) is 0.879. The Hall–Kier alpha value is -1.46. The number of rotatable bonds is 4. The van der Waals surface area contributed by atoms with Crippen molar-refractivity contribution < 1.29 is 9.84 Å². The Morgan fingerprint density at radius 3 is 2.88 bits per heavy atom. The smallest absolute Gasteiger partial charge is 0.212 e. The molecule has 0 aromatic carbocycles. The number of aromatic nitrogens is 2. The first-order valence-corrected chi connectivity index (χ1v) is 5.73. The lowest BCUT2D eigenvalue weighted by atomic mass is 10.1. The highest BCUT2D eigenvalue weighted by Gasteiger charge is 2.10. The Bertz CT molecular complexity index is 428. The monoisotopic (exact) mass is 236 g/mol. The summed E-state index contributed by atoms with van der Waals surface area (Å²) in [6, 6.07) is 3.56. The molecule has 2 heterocycles. The van der Waals surface area contributed by atoms with Crippen LogP contribution in [0.1, 0.15) is 16.5 Å². The molecule has 1 N–H and O–H groups in total. The zero-order chi connectivity index (χ0) is 11.4. The number of thiazole rings is 1. The van der Waals surface area contributed by atoms with Gasteiger partial charge in [0.05, 0.1) is 18.7 Å². The van der Waals surface area contributed by atoms with E-state index < -0.39 is 6.10 Å². The van der Waals surface area contributed by atoms with Crippen molar-refractivity contribution >= 4 is 11.3 Å². The van der Waals surface area contributed by atoms with Gasteiger partial charge in [0.15, 0.2) is 0 Å². The van der Waals surface area contributed by atoms with Crippen LogP contribution in [-0.2, 0) is 6.42 Å². The molecular formula is C11H12N2O2S. The van der Waals surface area contributed by atoms with E-state index in [1.807, 2.05) is 6.07 Å². The van der Waals surface area contributed by atoms with Gasteiger partial charge in [-0.3, -0.25) is 4.98 Å². The van der Waals surface area contributed by atoms with Crippen molar-refractivity contribution in [3.63, 3.8) is 0 Å². The minimum absolute atomic E-state index is 0.543. The van der Waals surface area contributed by atoms with Crippen LogP contribution in [0.2, 0.25) is 0 Å². The number of hydrogen-bond acceptors (Lipinski definition) is 5. The van der Waals surface area contributed by atoms with Crippen molar-refractivity contribution in [1.29, 1.82) is 0 Å². The predicted molar refractivity (Wildman–Crippen MR) is 61.6 cm³/mol. The Morgan fingerprint density at radius 1 is 1.44 bits per heavy atom.